The fraction of sp³-hybridized carbons (Fsp3) is 0.556. The number of benzene rings is 1. The first kappa shape index (κ1) is 16.7. The highest BCUT2D eigenvalue weighted by Crippen LogP contribution is 2.41. The minimum atomic E-state index is -0.433. The minimum absolute atomic E-state index is 0.410. The Hall–Kier alpha value is -2.10. The van der Waals surface area contributed by atoms with E-state index in [1.165, 1.54) is 0 Å². The molecule has 1 saturated heterocycles. The van der Waals surface area contributed by atoms with Gasteiger partial charge in [-0.15, -0.1) is 0 Å². The first-order valence-electron chi connectivity index (χ1n) is 8.38. The van der Waals surface area contributed by atoms with Gasteiger partial charge < -0.3 is 19.3 Å². The molecule has 0 amide bonds. The van der Waals surface area contributed by atoms with E-state index in [0.29, 0.717) is 0 Å². The molecule has 24 heavy (non-hydrogen) atoms. The van der Waals surface area contributed by atoms with Gasteiger partial charge in [0.1, 0.15) is 18.1 Å². The summed E-state index contributed by atoms with van der Waals surface area (Å²) in [6, 6.07) is 7.63. The average molecular weight is 328 g/mol. The molecule has 3 rings (SSSR count). The van der Waals surface area contributed by atoms with Crippen molar-refractivity contribution < 1.29 is 9.53 Å². The van der Waals surface area contributed by atoms with E-state index in [1.807, 2.05) is 18.2 Å². The van der Waals surface area contributed by atoms with Gasteiger partial charge in [0.05, 0.1) is 19.1 Å². The normalized spacial score (nSPS) is 24.5. The second-order valence-corrected chi connectivity index (χ2v) is 6.50. The molecule has 2 aliphatic rings. The molecule has 2 unspecified atom stereocenters. The number of carbonyl (C=O) groups excluding carboxylic acids is 1. The number of methoxy groups -OCH3 is 1. The van der Waals surface area contributed by atoms with Crippen molar-refractivity contribution in [3.63, 3.8) is 0 Å². The zero-order valence-electron chi connectivity index (χ0n) is 14.3. The Morgan fingerprint density at radius 2 is 2.04 bits per heavy atom. The molecule has 0 spiro atoms. The van der Waals surface area contributed by atoms with Gasteiger partial charge in [-0.3, -0.25) is 4.90 Å². The lowest BCUT2D eigenvalue weighted by molar-refractivity contribution is -0.109. The molecule has 0 saturated carbocycles. The molecule has 0 bridgehead atoms. The number of hydrogen-bond acceptors (Lipinski definition) is 6. The number of likely N-dealkylation sites (N-methyl/N-ethyl adjacent to an activating group) is 1. The highest BCUT2D eigenvalue weighted by atomic mass is 16.5. The van der Waals surface area contributed by atoms with E-state index in [4.69, 9.17) is 4.74 Å². The minimum Gasteiger partial charge on any atom is -0.497 e. The highest BCUT2D eigenvalue weighted by molar-refractivity contribution is 5.78. The summed E-state index contributed by atoms with van der Waals surface area (Å²) in [6.45, 7) is 5.91. The Balaban J connectivity index is 1.77. The molecule has 6 nitrogen and oxygen atoms in total. The van der Waals surface area contributed by atoms with Crippen LogP contribution in [-0.4, -0.2) is 75.6 Å². The summed E-state index contributed by atoms with van der Waals surface area (Å²) < 4.78 is 5.27. The molecule has 0 radical (unpaired) electrons. The molecule has 2 atom stereocenters. The van der Waals surface area contributed by atoms with E-state index in [2.05, 4.69) is 27.8 Å². The van der Waals surface area contributed by atoms with Crippen molar-refractivity contribution in [2.45, 2.75) is 12.0 Å². The van der Waals surface area contributed by atoms with Crippen molar-refractivity contribution in [1.82, 2.24) is 9.80 Å². The van der Waals surface area contributed by atoms with Crippen LogP contribution in [0.4, 0.5) is 5.69 Å². The van der Waals surface area contributed by atoms with Gasteiger partial charge in [-0.05, 0) is 30.8 Å². The SMILES string of the molecule is COc1ccc2c(c1)C(C=O)C(C#N)N2CCN1CCN(C)CC1. The van der Waals surface area contributed by atoms with Crippen LogP contribution in [0.2, 0.25) is 0 Å². The van der Waals surface area contributed by atoms with Crippen LogP contribution >= 0.6 is 0 Å². The second-order valence-electron chi connectivity index (χ2n) is 6.50. The number of anilines is 1. The summed E-state index contributed by atoms with van der Waals surface area (Å²) >= 11 is 0. The highest BCUT2D eigenvalue weighted by Gasteiger charge is 2.38. The molecule has 0 aliphatic carbocycles. The molecule has 0 aromatic heterocycles. The summed E-state index contributed by atoms with van der Waals surface area (Å²) in [7, 11) is 3.75. The lowest BCUT2D eigenvalue weighted by Gasteiger charge is -2.34. The van der Waals surface area contributed by atoms with Crippen LogP contribution < -0.4 is 9.64 Å². The standard InChI is InChI=1S/C18H24N4O2/c1-20-5-7-21(8-6-20)9-10-22-17-4-3-14(24-2)11-15(17)16(13-23)18(22)12-19/h3-4,11,13,16,18H,5-10H2,1-2H3. The van der Waals surface area contributed by atoms with Crippen LogP contribution in [0.25, 0.3) is 0 Å². The van der Waals surface area contributed by atoms with E-state index in [1.54, 1.807) is 7.11 Å². The predicted octanol–water partition coefficient (Wildman–Crippen LogP) is 0.937. The fourth-order valence-corrected chi connectivity index (χ4v) is 3.58. The van der Waals surface area contributed by atoms with Crippen molar-refractivity contribution in [1.29, 1.82) is 5.26 Å². The second kappa shape index (κ2) is 7.20. The molecule has 128 valence electrons. The van der Waals surface area contributed by atoms with Gasteiger partial charge in [0.2, 0.25) is 0 Å². The summed E-state index contributed by atoms with van der Waals surface area (Å²) in [5.74, 6) is 0.311. The molecule has 1 fully saturated rings. The van der Waals surface area contributed by atoms with Crippen LogP contribution in [0.1, 0.15) is 11.5 Å². The van der Waals surface area contributed by atoms with Gasteiger partial charge in [-0.1, -0.05) is 0 Å². The number of nitrogens with zero attached hydrogens (tertiary/aromatic N) is 4. The molecule has 0 N–H and O–H groups in total. The Morgan fingerprint density at radius 1 is 1.29 bits per heavy atom. The first-order chi connectivity index (χ1) is 11.7. The lowest BCUT2D eigenvalue weighted by atomic mass is 9.97. The monoisotopic (exact) mass is 328 g/mol. The third kappa shape index (κ3) is 3.10. The molecule has 2 aliphatic heterocycles. The van der Waals surface area contributed by atoms with Gasteiger partial charge in [-0.2, -0.15) is 5.26 Å². The topological polar surface area (TPSA) is 59.8 Å². The number of piperazine rings is 1. The van der Waals surface area contributed by atoms with Crippen LogP contribution in [0.3, 0.4) is 0 Å². The van der Waals surface area contributed by atoms with E-state index in [9.17, 15) is 10.1 Å². The lowest BCUT2D eigenvalue weighted by Crippen LogP contribution is -2.48. The van der Waals surface area contributed by atoms with Crippen LogP contribution in [-0.2, 0) is 4.79 Å². The van der Waals surface area contributed by atoms with E-state index in [-0.39, 0.29) is 0 Å². The zero-order chi connectivity index (χ0) is 17.1. The van der Waals surface area contributed by atoms with Crippen molar-refractivity contribution in [3.05, 3.63) is 23.8 Å². The average Bonchev–Trinajstić information content (AvgIpc) is 2.92. The summed E-state index contributed by atoms with van der Waals surface area (Å²) in [5.41, 5.74) is 1.88. The number of aldehydes is 1. The fourth-order valence-electron chi connectivity index (χ4n) is 3.58. The third-order valence-electron chi connectivity index (χ3n) is 5.11. The maximum atomic E-state index is 11.6. The molecule has 6 heteroatoms. The Bertz CT molecular complexity index is 634. The van der Waals surface area contributed by atoms with Crippen molar-refractivity contribution >= 4 is 12.0 Å². The van der Waals surface area contributed by atoms with Crippen molar-refractivity contribution in [3.8, 4) is 11.8 Å². The van der Waals surface area contributed by atoms with Gasteiger partial charge in [0.15, 0.2) is 0 Å². The molecule has 2 heterocycles. The molecule has 1 aromatic carbocycles. The maximum Gasteiger partial charge on any atom is 0.130 e. The Morgan fingerprint density at radius 3 is 2.67 bits per heavy atom. The van der Waals surface area contributed by atoms with E-state index >= 15 is 0 Å². The largest absolute Gasteiger partial charge is 0.497 e. The predicted molar refractivity (Wildman–Crippen MR) is 92.5 cm³/mol. The number of fused-ring (bicyclic) bond motifs is 1. The number of nitriles is 1. The number of rotatable bonds is 5. The first-order valence-corrected chi connectivity index (χ1v) is 8.38. The van der Waals surface area contributed by atoms with Gasteiger partial charge in [0.25, 0.3) is 0 Å². The van der Waals surface area contributed by atoms with Gasteiger partial charge >= 0.3 is 0 Å². The van der Waals surface area contributed by atoms with Crippen molar-refractivity contribution in [2.24, 2.45) is 0 Å². The number of carbonyl (C=O) groups is 1. The maximum absolute atomic E-state index is 11.6. The number of hydrogen-bond donors (Lipinski definition) is 0. The quantitative estimate of drug-likeness (QED) is 0.750. The zero-order valence-corrected chi connectivity index (χ0v) is 14.3. The van der Waals surface area contributed by atoms with E-state index < -0.39 is 12.0 Å². The Kier molecular flexibility index (Phi) is 5.03. The van der Waals surface area contributed by atoms with Crippen LogP contribution in [0.15, 0.2) is 18.2 Å². The molecular weight excluding hydrogens is 304 g/mol. The number of ether oxygens (including phenoxy) is 1. The Labute approximate surface area is 143 Å². The third-order valence-corrected chi connectivity index (χ3v) is 5.11. The summed E-state index contributed by atoms with van der Waals surface area (Å²) in [6.07, 6.45) is 0.891. The van der Waals surface area contributed by atoms with E-state index in [0.717, 1.165) is 62.6 Å². The molecular formula is C18H24N4O2. The van der Waals surface area contributed by atoms with Gasteiger partial charge in [0, 0.05) is 45.0 Å². The summed E-state index contributed by atoms with van der Waals surface area (Å²) in [4.78, 5) is 18.4. The molecule has 1 aromatic rings. The van der Waals surface area contributed by atoms with Crippen LogP contribution in [0, 0.1) is 11.3 Å². The van der Waals surface area contributed by atoms with Crippen molar-refractivity contribution in [2.75, 3.05) is 58.3 Å². The van der Waals surface area contributed by atoms with Crippen LogP contribution in [0.5, 0.6) is 5.75 Å². The van der Waals surface area contributed by atoms with Gasteiger partial charge in [-0.25, -0.2) is 0 Å². The smallest absolute Gasteiger partial charge is 0.130 e. The summed E-state index contributed by atoms with van der Waals surface area (Å²) in [5, 5.41) is 9.61.